The summed E-state index contributed by atoms with van der Waals surface area (Å²) < 4.78 is 28.6. The van der Waals surface area contributed by atoms with Crippen LogP contribution in [0, 0.1) is 0 Å². The quantitative estimate of drug-likeness (QED) is 0.774. The van der Waals surface area contributed by atoms with Gasteiger partial charge in [-0.05, 0) is 34.8 Å². The SMILES string of the molecule is CC(C)NCc1cc(S(=O)(=O)NC2CCCCC2)c(Br)s1. The smallest absolute Gasteiger partial charge is 0.242 e. The van der Waals surface area contributed by atoms with Gasteiger partial charge in [0.2, 0.25) is 10.0 Å². The monoisotopic (exact) mass is 394 g/mol. The molecule has 0 spiro atoms. The minimum Gasteiger partial charge on any atom is -0.310 e. The van der Waals surface area contributed by atoms with Crippen molar-refractivity contribution in [2.24, 2.45) is 0 Å². The molecule has 1 aliphatic rings. The Labute approximate surface area is 139 Å². The average molecular weight is 395 g/mol. The van der Waals surface area contributed by atoms with Crippen LogP contribution in [0.4, 0.5) is 0 Å². The predicted molar refractivity (Wildman–Crippen MR) is 91.2 cm³/mol. The molecule has 2 N–H and O–H groups in total. The van der Waals surface area contributed by atoms with Gasteiger partial charge in [-0.1, -0.05) is 33.1 Å². The first-order valence-electron chi connectivity index (χ1n) is 7.42. The van der Waals surface area contributed by atoms with Crippen LogP contribution in [0.1, 0.15) is 50.8 Å². The lowest BCUT2D eigenvalue weighted by Crippen LogP contribution is -2.36. The molecule has 0 amide bonds. The third-order valence-corrected chi connectivity index (χ3v) is 7.38. The highest BCUT2D eigenvalue weighted by Gasteiger charge is 2.25. The molecule has 1 saturated carbocycles. The molecule has 0 saturated heterocycles. The third kappa shape index (κ3) is 5.03. The molecule has 0 atom stereocenters. The van der Waals surface area contributed by atoms with Gasteiger partial charge in [-0.15, -0.1) is 11.3 Å². The van der Waals surface area contributed by atoms with Crippen molar-refractivity contribution < 1.29 is 8.42 Å². The fraction of sp³-hybridized carbons (Fsp3) is 0.714. The van der Waals surface area contributed by atoms with Crippen LogP contribution in [0.15, 0.2) is 14.7 Å². The van der Waals surface area contributed by atoms with Crippen LogP contribution in [0.5, 0.6) is 0 Å². The number of hydrogen-bond donors (Lipinski definition) is 2. The lowest BCUT2D eigenvalue weighted by atomic mass is 9.96. The summed E-state index contributed by atoms with van der Waals surface area (Å²) in [4.78, 5) is 1.40. The first kappa shape index (κ1) is 17.4. The molecule has 0 bridgehead atoms. The van der Waals surface area contributed by atoms with Gasteiger partial charge in [-0.3, -0.25) is 0 Å². The predicted octanol–water partition coefficient (Wildman–Crippen LogP) is 3.62. The minimum absolute atomic E-state index is 0.0905. The lowest BCUT2D eigenvalue weighted by Gasteiger charge is -2.22. The second-order valence-electron chi connectivity index (χ2n) is 5.84. The molecular formula is C14H23BrN2O2S2. The molecule has 4 nitrogen and oxygen atoms in total. The molecule has 1 aromatic rings. The van der Waals surface area contributed by atoms with Crippen LogP contribution in [-0.4, -0.2) is 20.5 Å². The van der Waals surface area contributed by atoms with Crippen LogP contribution >= 0.6 is 27.3 Å². The summed E-state index contributed by atoms with van der Waals surface area (Å²) in [5, 5.41) is 3.31. The lowest BCUT2D eigenvalue weighted by molar-refractivity contribution is 0.412. The summed E-state index contributed by atoms with van der Waals surface area (Å²) >= 11 is 4.88. The van der Waals surface area contributed by atoms with E-state index in [1.54, 1.807) is 6.07 Å². The van der Waals surface area contributed by atoms with Crippen LogP contribution in [-0.2, 0) is 16.6 Å². The molecule has 120 valence electrons. The molecule has 0 aromatic carbocycles. The number of hydrogen-bond acceptors (Lipinski definition) is 4. The Hall–Kier alpha value is 0.0500. The van der Waals surface area contributed by atoms with Gasteiger partial charge in [0.05, 0.1) is 3.79 Å². The fourth-order valence-electron chi connectivity index (χ4n) is 2.48. The molecule has 1 aromatic heterocycles. The van der Waals surface area contributed by atoms with Crippen LogP contribution in [0.2, 0.25) is 0 Å². The molecule has 0 radical (unpaired) electrons. The van der Waals surface area contributed by atoms with Gasteiger partial charge < -0.3 is 5.32 Å². The van der Waals surface area contributed by atoms with E-state index in [-0.39, 0.29) is 6.04 Å². The van der Waals surface area contributed by atoms with Gasteiger partial charge in [-0.2, -0.15) is 0 Å². The van der Waals surface area contributed by atoms with Crippen LogP contribution in [0.3, 0.4) is 0 Å². The zero-order valence-electron chi connectivity index (χ0n) is 12.5. The van der Waals surface area contributed by atoms with Gasteiger partial charge >= 0.3 is 0 Å². The molecule has 0 aliphatic heterocycles. The summed E-state index contributed by atoms with van der Waals surface area (Å²) in [5.74, 6) is 0. The van der Waals surface area contributed by atoms with E-state index in [1.165, 1.54) is 17.8 Å². The summed E-state index contributed by atoms with van der Waals surface area (Å²) in [6, 6.07) is 2.24. The highest BCUT2D eigenvalue weighted by atomic mass is 79.9. The zero-order chi connectivity index (χ0) is 15.5. The summed E-state index contributed by atoms with van der Waals surface area (Å²) in [6.45, 7) is 4.84. The highest BCUT2D eigenvalue weighted by molar-refractivity contribution is 9.11. The van der Waals surface area contributed by atoms with Gasteiger partial charge in [0, 0.05) is 23.5 Å². The van der Waals surface area contributed by atoms with E-state index in [4.69, 9.17) is 0 Å². The first-order chi connectivity index (χ1) is 9.88. The number of halogens is 1. The molecule has 2 rings (SSSR count). The average Bonchev–Trinajstić information content (AvgIpc) is 2.79. The maximum absolute atomic E-state index is 12.5. The van der Waals surface area contributed by atoms with Gasteiger partial charge in [0.1, 0.15) is 4.90 Å². The largest absolute Gasteiger partial charge is 0.310 e. The van der Waals surface area contributed by atoms with Crippen molar-refractivity contribution in [3.05, 3.63) is 14.7 Å². The normalized spacial score (nSPS) is 17.5. The maximum Gasteiger partial charge on any atom is 0.242 e. The van der Waals surface area contributed by atoms with E-state index in [0.29, 0.717) is 21.3 Å². The standard InChI is InChI=1S/C14H23BrN2O2S2/c1-10(2)16-9-12-8-13(14(15)20-12)21(18,19)17-11-6-4-3-5-7-11/h8,10-11,16-17H,3-7,9H2,1-2H3. The van der Waals surface area contributed by atoms with Crippen molar-refractivity contribution >= 4 is 37.3 Å². The van der Waals surface area contributed by atoms with Gasteiger partial charge in [0.25, 0.3) is 0 Å². The van der Waals surface area contributed by atoms with E-state index in [0.717, 1.165) is 30.6 Å². The molecule has 1 aliphatic carbocycles. The van der Waals surface area contributed by atoms with E-state index >= 15 is 0 Å². The number of rotatable bonds is 6. The molecule has 1 heterocycles. The van der Waals surface area contributed by atoms with Crippen molar-refractivity contribution in [3.63, 3.8) is 0 Å². The van der Waals surface area contributed by atoms with E-state index in [1.807, 2.05) is 0 Å². The molecular weight excluding hydrogens is 372 g/mol. The van der Waals surface area contributed by atoms with E-state index < -0.39 is 10.0 Å². The molecule has 21 heavy (non-hydrogen) atoms. The molecule has 7 heteroatoms. The number of nitrogens with one attached hydrogen (secondary N) is 2. The first-order valence-corrected chi connectivity index (χ1v) is 10.5. The summed E-state index contributed by atoms with van der Waals surface area (Å²) in [5.41, 5.74) is 0. The summed E-state index contributed by atoms with van der Waals surface area (Å²) in [7, 11) is -3.42. The Morgan fingerprint density at radius 2 is 2.00 bits per heavy atom. The van der Waals surface area contributed by atoms with Crippen molar-refractivity contribution in [3.8, 4) is 0 Å². The maximum atomic E-state index is 12.5. The third-order valence-electron chi connectivity index (χ3n) is 3.61. The summed E-state index contributed by atoms with van der Waals surface area (Å²) in [6.07, 6.45) is 5.33. The topological polar surface area (TPSA) is 58.2 Å². The van der Waals surface area contributed by atoms with Crippen molar-refractivity contribution in [1.82, 2.24) is 10.0 Å². The highest BCUT2D eigenvalue weighted by Crippen LogP contribution is 2.32. The van der Waals surface area contributed by atoms with Gasteiger partial charge in [-0.25, -0.2) is 13.1 Å². The number of thiophene rings is 1. The molecule has 1 fully saturated rings. The Balaban J connectivity index is 2.08. The Morgan fingerprint density at radius 1 is 1.33 bits per heavy atom. The van der Waals surface area contributed by atoms with Crippen molar-refractivity contribution in [1.29, 1.82) is 0 Å². The zero-order valence-corrected chi connectivity index (χ0v) is 15.7. The fourth-order valence-corrected chi connectivity index (χ4v) is 6.41. The second kappa shape index (κ2) is 7.55. The Kier molecular flexibility index (Phi) is 6.25. The van der Waals surface area contributed by atoms with Crippen LogP contribution < -0.4 is 10.0 Å². The van der Waals surface area contributed by atoms with Gasteiger partial charge in [0.15, 0.2) is 0 Å². The van der Waals surface area contributed by atoms with E-state index in [9.17, 15) is 8.42 Å². The second-order valence-corrected chi connectivity index (χ2v) is 9.98. The number of sulfonamides is 1. The molecule has 0 unspecified atom stereocenters. The van der Waals surface area contributed by atoms with E-state index in [2.05, 4.69) is 39.8 Å². The van der Waals surface area contributed by atoms with Crippen LogP contribution in [0.25, 0.3) is 0 Å². The minimum atomic E-state index is -3.42. The van der Waals surface area contributed by atoms with Crippen molar-refractivity contribution in [2.45, 2.75) is 69.5 Å². The van der Waals surface area contributed by atoms with Crippen molar-refractivity contribution in [2.75, 3.05) is 0 Å². The Bertz CT molecular complexity index is 564. The Morgan fingerprint density at radius 3 is 2.62 bits per heavy atom.